The van der Waals surface area contributed by atoms with Crippen molar-refractivity contribution in [2.24, 2.45) is 7.05 Å². The van der Waals surface area contributed by atoms with Gasteiger partial charge in [0.15, 0.2) is 11.0 Å². The molecule has 0 saturated heterocycles. The summed E-state index contributed by atoms with van der Waals surface area (Å²) in [5.41, 5.74) is 2.82. The standard InChI is InChI=1S/C25H31N5O3S/c1-16(2)20-8-6-7-9-21(20)27-23(32)15-34-25-29-28-24(30(25)4)17(3)26-22(31)14-18-10-12-19(33-5)13-11-18/h6-13,16-17H,14-15H2,1-5H3,(H,26,31)(H,27,32)/t17-/m0/s1. The number of methoxy groups -OCH3 is 1. The molecule has 3 rings (SSSR count). The molecule has 0 fully saturated rings. The van der Waals surface area contributed by atoms with Crippen molar-refractivity contribution in [3.8, 4) is 5.75 Å². The summed E-state index contributed by atoms with van der Waals surface area (Å²) in [6.07, 6.45) is 0.256. The van der Waals surface area contributed by atoms with Crippen molar-refractivity contribution in [1.29, 1.82) is 0 Å². The van der Waals surface area contributed by atoms with Gasteiger partial charge in [-0.3, -0.25) is 9.59 Å². The van der Waals surface area contributed by atoms with Crippen molar-refractivity contribution in [2.45, 2.75) is 44.3 Å². The van der Waals surface area contributed by atoms with Gasteiger partial charge >= 0.3 is 0 Å². The lowest BCUT2D eigenvalue weighted by molar-refractivity contribution is -0.121. The zero-order chi connectivity index (χ0) is 24.7. The van der Waals surface area contributed by atoms with E-state index >= 15 is 0 Å². The first-order chi connectivity index (χ1) is 16.3. The van der Waals surface area contributed by atoms with E-state index in [-0.39, 0.29) is 30.0 Å². The number of amides is 2. The third kappa shape index (κ3) is 6.60. The first kappa shape index (κ1) is 25.3. The molecule has 0 aliphatic carbocycles. The Bertz CT molecular complexity index is 1130. The quantitative estimate of drug-likeness (QED) is 0.423. The maximum absolute atomic E-state index is 12.5. The van der Waals surface area contributed by atoms with Gasteiger partial charge in [-0.15, -0.1) is 10.2 Å². The summed E-state index contributed by atoms with van der Waals surface area (Å²) >= 11 is 1.30. The second kappa shape index (κ2) is 11.7. The average molecular weight is 482 g/mol. The molecule has 1 heterocycles. The highest BCUT2D eigenvalue weighted by Gasteiger charge is 2.19. The van der Waals surface area contributed by atoms with Crippen molar-refractivity contribution >= 4 is 29.3 Å². The summed E-state index contributed by atoms with van der Waals surface area (Å²) in [6, 6.07) is 14.9. The highest BCUT2D eigenvalue weighted by Crippen LogP contribution is 2.25. The molecular formula is C25H31N5O3S. The minimum atomic E-state index is -0.329. The Kier molecular flexibility index (Phi) is 8.70. The lowest BCUT2D eigenvalue weighted by Crippen LogP contribution is -2.29. The lowest BCUT2D eigenvalue weighted by Gasteiger charge is -2.14. The first-order valence-electron chi connectivity index (χ1n) is 11.1. The first-order valence-corrected chi connectivity index (χ1v) is 12.1. The molecule has 9 heteroatoms. The third-order valence-corrected chi connectivity index (χ3v) is 6.37. The Labute approximate surface area is 204 Å². The van der Waals surface area contributed by atoms with E-state index in [0.29, 0.717) is 16.9 Å². The van der Waals surface area contributed by atoms with Crippen LogP contribution in [-0.2, 0) is 23.1 Å². The largest absolute Gasteiger partial charge is 0.497 e. The highest BCUT2D eigenvalue weighted by molar-refractivity contribution is 7.99. The van der Waals surface area contributed by atoms with E-state index in [1.807, 2.05) is 62.5 Å². The van der Waals surface area contributed by atoms with Gasteiger partial charge in [0, 0.05) is 12.7 Å². The van der Waals surface area contributed by atoms with Gasteiger partial charge in [0.25, 0.3) is 0 Å². The van der Waals surface area contributed by atoms with Crippen LogP contribution in [0, 0.1) is 0 Å². The molecule has 180 valence electrons. The van der Waals surface area contributed by atoms with Crippen LogP contribution >= 0.6 is 11.8 Å². The van der Waals surface area contributed by atoms with Crippen molar-refractivity contribution < 1.29 is 14.3 Å². The molecule has 34 heavy (non-hydrogen) atoms. The molecule has 0 aliphatic heterocycles. The fourth-order valence-electron chi connectivity index (χ4n) is 3.55. The van der Waals surface area contributed by atoms with Crippen LogP contribution in [0.2, 0.25) is 0 Å². The molecule has 0 aliphatic rings. The number of carbonyl (C=O) groups excluding carboxylic acids is 2. The number of aromatic nitrogens is 3. The van der Waals surface area contributed by atoms with Crippen LogP contribution in [0.3, 0.4) is 0 Å². The number of nitrogens with zero attached hydrogens (tertiary/aromatic N) is 3. The number of carbonyl (C=O) groups is 2. The zero-order valence-electron chi connectivity index (χ0n) is 20.2. The molecular weight excluding hydrogens is 450 g/mol. The monoisotopic (exact) mass is 481 g/mol. The van der Waals surface area contributed by atoms with Crippen molar-refractivity contribution in [3.05, 3.63) is 65.5 Å². The molecule has 0 radical (unpaired) electrons. The molecule has 3 aromatic rings. The Morgan fingerprint density at radius 2 is 1.74 bits per heavy atom. The Morgan fingerprint density at radius 3 is 2.41 bits per heavy atom. The molecule has 8 nitrogen and oxygen atoms in total. The number of anilines is 1. The van der Waals surface area contributed by atoms with Crippen molar-refractivity contribution in [1.82, 2.24) is 20.1 Å². The fourth-order valence-corrected chi connectivity index (χ4v) is 4.26. The SMILES string of the molecule is COc1ccc(CC(=O)N[C@@H](C)c2nnc(SCC(=O)Nc3ccccc3C(C)C)n2C)cc1. The van der Waals surface area contributed by atoms with E-state index in [1.54, 1.807) is 11.7 Å². The van der Waals surface area contributed by atoms with Gasteiger partial charge < -0.3 is 19.9 Å². The number of para-hydroxylation sites is 1. The number of rotatable bonds is 10. The summed E-state index contributed by atoms with van der Waals surface area (Å²) < 4.78 is 6.95. The predicted octanol–water partition coefficient (Wildman–Crippen LogP) is 4.10. The third-order valence-electron chi connectivity index (χ3n) is 5.35. The number of hydrogen-bond donors (Lipinski definition) is 2. The zero-order valence-corrected chi connectivity index (χ0v) is 21.0. The van der Waals surface area contributed by atoms with Gasteiger partial charge in [0.1, 0.15) is 5.75 Å². The minimum absolute atomic E-state index is 0.108. The predicted molar refractivity (Wildman–Crippen MR) is 134 cm³/mol. The second-order valence-electron chi connectivity index (χ2n) is 8.29. The number of benzene rings is 2. The molecule has 0 spiro atoms. The summed E-state index contributed by atoms with van der Waals surface area (Å²) in [7, 11) is 3.44. The summed E-state index contributed by atoms with van der Waals surface area (Å²) in [6.45, 7) is 6.05. The number of ether oxygens (including phenoxy) is 1. The van der Waals surface area contributed by atoms with Gasteiger partial charge in [-0.1, -0.05) is 55.9 Å². The molecule has 0 bridgehead atoms. The van der Waals surface area contributed by atoms with Gasteiger partial charge in [0.05, 0.1) is 25.3 Å². The van der Waals surface area contributed by atoms with E-state index < -0.39 is 0 Å². The topological polar surface area (TPSA) is 98.1 Å². The normalized spacial score (nSPS) is 11.8. The van der Waals surface area contributed by atoms with Gasteiger partial charge in [0.2, 0.25) is 11.8 Å². The van der Waals surface area contributed by atoms with Crippen LogP contribution < -0.4 is 15.4 Å². The van der Waals surface area contributed by atoms with Crippen LogP contribution in [0.15, 0.2) is 53.7 Å². The van der Waals surface area contributed by atoms with Gasteiger partial charge in [-0.25, -0.2) is 0 Å². The second-order valence-corrected chi connectivity index (χ2v) is 9.24. The minimum Gasteiger partial charge on any atom is -0.497 e. The smallest absolute Gasteiger partial charge is 0.234 e. The molecule has 2 N–H and O–H groups in total. The summed E-state index contributed by atoms with van der Waals surface area (Å²) in [4.78, 5) is 25.0. The maximum Gasteiger partial charge on any atom is 0.234 e. The fraction of sp³-hybridized carbons (Fsp3) is 0.360. The Morgan fingerprint density at radius 1 is 1.03 bits per heavy atom. The van der Waals surface area contributed by atoms with Gasteiger partial charge in [-0.2, -0.15) is 0 Å². The molecule has 0 unspecified atom stereocenters. The van der Waals surface area contributed by atoms with Crippen LogP contribution in [0.25, 0.3) is 0 Å². The summed E-state index contributed by atoms with van der Waals surface area (Å²) in [5, 5.41) is 15.0. The van der Waals surface area contributed by atoms with Crippen LogP contribution in [-0.4, -0.2) is 39.4 Å². The highest BCUT2D eigenvalue weighted by atomic mass is 32.2. The van der Waals surface area contributed by atoms with Gasteiger partial charge in [-0.05, 0) is 42.2 Å². The van der Waals surface area contributed by atoms with Crippen LogP contribution in [0.5, 0.6) is 5.75 Å². The number of thioether (sulfide) groups is 1. The Hall–Kier alpha value is -3.33. The molecule has 2 aromatic carbocycles. The molecule has 0 saturated carbocycles. The van der Waals surface area contributed by atoms with E-state index in [1.165, 1.54) is 11.8 Å². The number of nitrogens with one attached hydrogen (secondary N) is 2. The Balaban J connectivity index is 1.54. The molecule has 1 aromatic heterocycles. The number of hydrogen-bond acceptors (Lipinski definition) is 6. The maximum atomic E-state index is 12.5. The van der Waals surface area contributed by atoms with E-state index in [4.69, 9.17) is 4.74 Å². The van der Waals surface area contributed by atoms with Crippen LogP contribution in [0.1, 0.15) is 49.7 Å². The van der Waals surface area contributed by atoms with E-state index in [2.05, 4.69) is 34.7 Å². The summed E-state index contributed by atoms with van der Waals surface area (Å²) in [5.74, 6) is 1.67. The van der Waals surface area contributed by atoms with E-state index in [0.717, 1.165) is 22.6 Å². The van der Waals surface area contributed by atoms with Crippen LogP contribution in [0.4, 0.5) is 5.69 Å². The van der Waals surface area contributed by atoms with E-state index in [9.17, 15) is 9.59 Å². The average Bonchev–Trinajstić information content (AvgIpc) is 3.18. The molecule has 2 amide bonds. The molecule has 1 atom stereocenters. The van der Waals surface area contributed by atoms with Crippen molar-refractivity contribution in [2.75, 3.05) is 18.2 Å². The lowest BCUT2D eigenvalue weighted by atomic mass is 10.0. The van der Waals surface area contributed by atoms with Crippen molar-refractivity contribution in [3.63, 3.8) is 0 Å².